The summed E-state index contributed by atoms with van der Waals surface area (Å²) in [5, 5.41) is 8.91. The van der Waals surface area contributed by atoms with Crippen LogP contribution in [0.4, 0.5) is 0 Å². The van der Waals surface area contributed by atoms with Crippen molar-refractivity contribution in [2.45, 2.75) is 32.2 Å². The number of hydrogen-bond donors (Lipinski definition) is 0. The molecule has 0 amide bonds. The summed E-state index contributed by atoms with van der Waals surface area (Å²) in [7, 11) is 0.714. The smallest absolute Gasteiger partial charge is 0.0869 e. The quantitative estimate of drug-likeness (QED) is 0.603. The second kappa shape index (κ2) is 3.89. The van der Waals surface area contributed by atoms with E-state index in [0.717, 1.165) is 6.54 Å². The minimum absolute atomic E-state index is 0.160. The molecule has 0 aliphatic carbocycles. The molecule has 0 aromatic heterocycles. The summed E-state index contributed by atoms with van der Waals surface area (Å²) in [5.74, 6) is 0. The first-order valence-electron chi connectivity index (χ1n) is 4.03. The molecule has 0 aromatic rings. The highest BCUT2D eigenvalue weighted by Crippen LogP contribution is 2.11. The van der Waals surface area contributed by atoms with Gasteiger partial charge in [-0.15, -0.1) is 0 Å². The van der Waals surface area contributed by atoms with Crippen molar-refractivity contribution in [2.75, 3.05) is 13.6 Å². The molecular weight excluding hydrogens is 152 g/mol. The lowest BCUT2D eigenvalue weighted by Gasteiger charge is -2.30. The number of nitriles is 1. The summed E-state index contributed by atoms with van der Waals surface area (Å²) in [6.45, 7) is 9.74. The summed E-state index contributed by atoms with van der Waals surface area (Å²) in [4.78, 5) is 2.13. The van der Waals surface area contributed by atoms with Gasteiger partial charge in [0.2, 0.25) is 0 Å². The van der Waals surface area contributed by atoms with Gasteiger partial charge in [-0.2, -0.15) is 5.26 Å². The van der Waals surface area contributed by atoms with Crippen molar-refractivity contribution < 1.29 is 0 Å². The van der Waals surface area contributed by atoms with E-state index in [2.05, 4.69) is 37.5 Å². The van der Waals surface area contributed by atoms with Crippen molar-refractivity contribution in [3.05, 3.63) is 0 Å². The SMILES string of the molecule is CCN(C)C(C#N)[Si](C)(C)C. The lowest BCUT2D eigenvalue weighted by Crippen LogP contribution is -2.48. The van der Waals surface area contributed by atoms with Crippen LogP contribution >= 0.6 is 0 Å². The van der Waals surface area contributed by atoms with Gasteiger partial charge in [-0.3, -0.25) is 4.90 Å². The fraction of sp³-hybridized carbons (Fsp3) is 0.875. The molecular formula is C8H18N2Si. The molecule has 64 valence electrons. The Bertz CT molecular complexity index is 154. The van der Waals surface area contributed by atoms with E-state index in [1.807, 2.05) is 7.05 Å². The van der Waals surface area contributed by atoms with Crippen molar-refractivity contribution in [1.82, 2.24) is 4.90 Å². The highest BCUT2D eigenvalue weighted by Gasteiger charge is 2.29. The molecule has 0 aliphatic heterocycles. The van der Waals surface area contributed by atoms with Gasteiger partial charge in [-0.25, -0.2) is 0 Å². The van der Waals surface area contributed by atoms with Gasteiger partial charge in [0, 0.05) is 0 Å². The maximum Gasteiger partial charge on any atom is 0.0869 e. The lowest BCUT2D eigenvalue weighted by atomic mass is 10.5. The summed E-state index contributed by atoms with van der Waals surface area (Å²) < 4.78 is 0. The largest absolute Gasteiger partial charge is 0.294 e. The van der Waals surface area contributed by atoms with Gasteiger partial charge < -0.3 is 0 Å². The number of nitrogens with zero attached hydrogens (tertiary/aromatic N) is 2. The van der Waals surface area contributed by atoms with Gasteiger partial charge in [-0.1, -0.05) is 26.6 Å². The Hall–Kier alpha value is -0.333. The van der Waals surface area contributed by atoms with E-state index >= 15 is 0 Å². The molecule has 0 fully saturated rings. The number of rotatable bonds is 3. The van der Waals surface area contributed by atoms with Crippen molar-refractivity contribution >= 4 is 8.07 Å². The van der Waals surface area contributed by atoms with E-state index < -0.39 is 8.07 Å². The third kappa shape index (κ3) is 3.04. The molecule has 2 nitrogen and oxygen atoms in total. The fourth-order valence-corrected chi connectivity index (χ4v) is 3.03. The van der Waals surface area contributed by atoms with Crippen molar-refractivity contribution in [1.29, 1.82) is 5.26 Å². The minimum Gasteiger partial charge on any atom is -0.294 e. The topological polar surface area (TPSA) is 27.0 Å². The first-order chi connectivity index (χ1) is 4.93. The van der Waals surface area contributed by atoms with E-state index in [1.165, 1.54) is 0 Å². The second-order valence-electron chi connectivity index (χ2n) is 3.97. The Labute approximate surface area is 70.8 Å². The normalized spacial score (nSPS) is 14.6. The molecule has 1 atom stereocenters. The first-order valence-corrected chi connectivity index (χ1v) is 7.61. The number of hydrogen-bond acceptors (Lipinski definition) is 2. The fourth-order valence-electron chi connectivity index (χ4n) is 1.14. The molecule has 0 aromatic carbocycles. The Balaban J connectivity index is 4.32. The van der Waals surface area contributed by atoms with Gasteiger partial charge in [-0.05, 0) is 13.6 Å². The zero-order valence-electron chi connectivity index (χ0n) is 8.18. The van der Waals surface area contributed by atoms with Gasteiger partial charge in [0.15, 0.2) is 0 Å². The Morgan fingerprint density at radius 2 is 1.91 bits per heavy atom. The van der Waals surface area contributed by atoms with Crippen molar-refractivity contribution in [3.63, 3.8) is 0 Å². The molecule has 0 saturated heterocycles. The molecule has 3 heteroatoms. The minimum atomic E-state index is -1.31. The molecule has 0 aliphatic rings. The lowest BCUT2D eigenvalue weighted by molar-refractivity contribution is 0.357. The van der Waals surface area contributed by atoms with Gasteiger partial charge in [0.05, 0.1) is 19.8 Å². The monoisotopic (exact) mass is 170 g/mol. The standard InChI is InChI=1S/C8H18N2Si/c1-6-10(2)8(7-9)11(3,4)5/h8H,6H2,1-5H3. The maximum absolute atomic E-state index is 8.91. The van der Waals surface area contributed by atoms with Crippen LogP contribution in [-0.4, -0.2) is 32.2 Å². The van der Waals surface area contributed by atoms with E-state index in [-0.39, 0.29) is 5.67 Å². The summed E-state index contributed by atoms with van der Waals surface area (Å²) in [6.07, 6.45) is 0. The molecule has 0 saturated carbocycles. The van der Waals surface area contributed by atoms with E-state index in [9.17, 15) is 0 Å². The third-order valence-corrected chi connectivity index (χ3v) is 4.09. The van der Waals surface area contributed by atoms with E-state index in [4.69, 9.17) is 5.26 Å². The molecule has 0 N–H and O–H groups in total. The summed E-state index contributed by atoms with van der Waals surface area (Å²) >= 11 is 0. The molecule has 0 radical (unpaired) electrons. The van der Waals surface area contributed by atoms with Crippen molar-refractivity contribution in [3.8, 4) is 6.07 Å². The Kier molecular flexibility index (Phi) is 3.77. The summed E-state index contributed by atoms with van der Waals surface area (Å²) in [5.41, 5.74) is 0.160. The molecule has 0 spiro atoms. The first kappa shape index (κ1) is 10.7. The molecule has 0 heterocycles. The van der Waals surface area contributed by atoms with Gasteiger partial charge in [0.25, 0.3) is 0 Å². The molecule has 11 heavy (non-hydrogen) atoms. The maximum atomic E-state index is 8.91. The summed E-state index contributed by atoms with van der Waals surface area (Å²) in [6, 6.07) is 2.38. The predicted molar refractivity (Wildman–Crippen MR) is 51.1 cm³/mol. The van der Waals surface area contributed by atoms with Crippen LogP contribution in [0.2, 0.25) is 19.6 Å². The van der Waals surface area contributed by atoms with Crippen LogP contribution in [0, 0.1) is 11.3 Å². The van der Waals surface area contributed by atoms with Crippen LogP contribution in [0.15, 0.2) is 0 Å². The van der Waals surface area contributed by atoms with Gasteiger partial charge in [0.1, 0.15) is 0 Å². The van der Waals surface area contributed by atoms with E-state index in [0.29, 0.717) is 0 Å². The average Bonchev–Trinajstić information content (AvgIpc) is 1.86. The molecule has 1 unspecified atom stereocenters. The predicted octanol–water partition coefficient (Wildman–Crippen LogP) is 1.71. The highest BCUT2D eigenvalue weighted by molar-refractivity contribution is 6.78. The Morgan fingerprint density at radius 3 is 2.00 bits per heavy atom. The highest BCUT2D eigenvalue weighted by atomic mass is 28.3. The van der Waals surface area contributed by atoms with Crippen molar-refractivity contribution in [2.24, 2.45) is 0 Å². The average molecular weight is 170 g/mol. The zero-order chi connectivity index (χ0) is 9.07. The van der Waals surface area contributed by atoms with E-state index in [1.54, 1.807) is 0 Å². The molecule has 0 rings (SSSR count). The van der Waals surface area contributed by atoms with Crippen LogP contribution in [0.1, 0.15) is 6.92 Å². The second-order valence-corrected chi connectivity index (χ2v) is 9.25. The molecule has 0 bridgehead atoms. The third-order valence-electron chi connectivity index (χ3n) is 1.88. The van der Waals surface area contributed by atoms with Crippen LogP contribution in [-0.2, 0) is 0 Å². The van der Waals surface area contributed by atoms with Gasteiger partial charge >= 0.3 is 0 Å². The van der Waals surface area contributed by atoms with Crippen LogP contribution in [0.3, 0.4) is 0 Å². The van der Waals surface area contributed by atoms with Crippen LogP contribution < -0.4 is 0 Å². The zero-order valence-corrected chi connectivity index (χ0v) is 9.18. The van der Waals surface area contributed by atoms with Crippen LogP contribution in [0.5, 0.6) is 0 Å². The van der Waals surface area contributed by atoms with Crippen LogP contribution in [0.25, 0.3) is 0 Å². The Morgan fingerprint density at radius 1 is 1.45 bits per heavy atom.